The Morgan fingerprint density at radius 3 is 2.17 bits per heavy atom. The minimum Gasteiger partial charge on any atom is -0.213 e. The van der Waals surface area contributed by atoms with Gasteiger partial charge >= 0.3 is 6.18 Å². The van der Waals surface area contributed by atoms with Gasteiger partial charge in [-0.25, -0.2) is 26.3 Å². The number of alkyl halides is 3. The predicted octanol–water partition coefficient (Wildman–Crippen LogP) is 1.45. The quantitative estimate of drug-likeness (QED) is 0.740. The molecule has 2 N–H and O–H groups in total. The Hall–Kier alpha value is -1.17. The first kappa shape index (κ1) is 20.9. The molecule has 24 heavy (non-hydrogen) atoms. The summed E-state index contributed by atoms with van der Waals surface area (Å²) in [5, 5.41) is 0. The van der Waals surface area contributed by atoms with Gasteiger partial charge in [-0.3, -0.25) is 0 Å². The third kappa shape index (κ3) is 7.60. The first-order chi connectivity index (χ1) is 10.6. The van der Waals surface area contributed by atoms with Crippen LogP contribution in [-0.4, -0.2) is 35.2 Å². The maximum Gasteiger partial charge on any atom is 0.416 e. The second kappa shape index (κ2) is 6.98. The third-order valence-electron chi connectivity index (χ3n) is 2.81. The Labute approximate surface area is 139 Å². The Kier molecular flexibility index (Phi) is 6.07. The molecule has 0 aliphatic rings. The molecule has 0 atom stereocenters. The Balaban J connectivity index is 2.81. The number of sulfonamides is 2. The topological polar surface area (TPSA) is 92.3 Å². The highest BCUT2D eigenvalue weighted by Gasteiger charge is 2.31. The summed E-state index contributed by atoms with van der Waals surface area (Å²) in [5.74, 6) is -0.647. The Bertz CT molecular complexity index is 788. The molecule has 0 aromatic heterocycles. The van der Waals surface area contributed by atoms with E-state index in [1.54, 1.807) is 0 Å². The zero-order valence-electron chi connectivity index (χ0n) is 13.3. The summed E-state index contributed by atoms with van der Waals surface area (Å²) in [4.78, 5) is 0. The Morgan fingerprint density at radius 2 is 1.67 bits per heavy atom. The van der Waals surface area contributed by atoms with E-state index in [0.717, 1.165) is 24.5 Å². The summed E-state index contributed by atoms with van der Waals surface area (Å²) >= 11 is 0. The van der Waals surface area contributed by atoms with Crippen LogP contribution >= 0.6 is 0 Å². The van der Waals surface area contributed by atoms with Crippen molar-refractivity contribution in [2.45, 2.75) is 31.3 Å². The molecule has 0 heterocycles. The van der Waals surface area contributed by atoms with E-state index in [-0.39, 0.29) is 12.1 Å². The van der Waals surface area contributed by atoms with Crippen molar-refractivity contribution in [3.05, 3.63) is 35.4 Å². The minimum absolute atomic E-state index is 0.0220. The van der Waals surface area contributed by atoms with Gasteiger partial charge in [0.05, 0.1) is 17.6 Å². The van der Waals surface area contributed by atoms with E-state index in [9.17, 15) is 30.0 Å². The molecule has 138 valence electrons. The average molecular weight is 388 g/mol. The molecule has 0 aliphatic carbocycles. The lowest BCUT2D eigenvalue weighted by atomic mass is 10.1. The van der Waals surface area contributed by atoms with Gasteiger partial charge in [0, 0.05) is 12.1 Å². The van der Waals surface area contributed by atoms with E-state index < -0.39 is 43.1 Å². The maximum absolute atomic E-state index is 12.6. The van der Waals surface area contributed by atoms with Crippen LogP contribution in [0.2, 0.25) is 0 Å². The SMILES string of the molecule is CC(C)(CNS(=O)(=O)Cc1cccc(C(F)(F)F)c1)NS(C)(=O)=O. The van der Waals surface area contributed by atoms with Crippen LogP contribution in [0.25, 0.3) is 0 Å². The van der Waals surface area contributed by atoms with Gasteiger partial charge in [-0.1, -0.05) is 18.2 Å². The summed E-state index contributed by atoms with van der Waals surface area (Å²) in [6.07, 6.45) is -3.62. The molecule has 0 saturated heterocycles. The number of nitrogens with one attached hydrogen (secondary N) is 2. The Morgan fingerprint density at radius 1 is 1.08 bits per heavy atom. The largest absolute Gasteiger partial charge is 0.416 e. The highest BCUT2D eigenvalue weighted by Crippen LogP contribution is 2.29. The molecule has 1 rings (SSSR count). The zero-order chi connectivity index (χ0) is 18.8. The normalized spacial score (nSPS) is 13.9. The standard InChI is InChI=1S/C13H19F3N2O4S2/c1-12(2,18-23(3,19)20)9-17-24(21,22)8-10-5-4-6-11(7-10)13(14,15)16/h4-7,17-18H,8-9H2,1-3H3. The van der Waals surface area contributed by atoms with E-state index in [1.807, 2.05) is 0 Å². The van der Waals surface area contributed by atoms with Gasteiger partial charge < -0.3 is 0 Å². The van der Waals surface area contributed by atoms with Crippen molar-refractivity contribution in [1.29, 1.82) is 0 Å². The van der Waals surface area contributed by atoms with Crippen molar-refractivity contribution in [3.63, 3.8) is 0 Å². The van der Waals surface area contributed by atoms with Crippen LogP contribution in [0.4, 0.5) is 13.2 Å². The molecule has 0 unspecified atom stereocenters. The lowest BCUT2D eigenvalue weighted by Gasteiger charge is -2.25. The molecule has 1 aromatic rings. The third-order valence-corrected chi connectivity index (χ3v) is 5.03. The number of hydrogen-bond donors (Lipinski definition) is 2. The molecule has 11 heteroatoms. The van der Waals surface area contributed by atoms with Crippen LogP contribution in [0.3, 0.4) is 0 Å². The van der Waals surface area contributed by atoms with Crippen molar-refractivity contribution in [2.75, 3.05) is 12.8 Å². The van der Waals surface area contributed by atoms with Gasteiger partial charge in [0.1, 0.15) is 0 Å². The van der Waals surface area contributed by atoms with Crippen LogP contribution in [0.1, 0.15) is 25.0 Å². The molecule has 0 fully saturated rings. The molecule has 0 aliphatic heterocycles. The second-order valence-electron chi connectivity index (χ2n) is 6.04. The van der Waals surface area contributed by atoms with Gasteiger partial charge in [0.2, 0.25) is 20.0 Å². The fourth-order valence-electron chi connectivity index (χ4n) is 1.94. The lowest BCUT2D eigenvalue weighted by molar-refractivity contribution is -0.137. The summed E-state index contributed by atoms with van der Waals surface area (Å²) < 4.78 is 88.8. The molecule has 0 bridgehead atoms. The first-order valence-electron chi connectivity index (χ1n) is 6.72. The zero-order valence-corrected chi connectivity index (χ0v) is 14.9. The lowest BCUT2D eigenvalue weighted by Crippen LogP contribution is -2.51. The van der Waals surface area contributed by atoms with Crippen LogP contribution in [0.15, 0.2) is 24.3 Å². The number of rotatable bonds is 7. The molecule has 6 nitrogen and oxygen atoms in total. The van der Waals surface area contributed by atoms with E-state index in [0.29, 0.717) is 0 Å². The fraction of sp³-hybridized carbons (Fsp3) is 0.538. The van der Waals surface area contributed by atoms with Gasteiger partial charge in [-0.15, -0.1) is 0 Å². The molecular weight excluding hydrogens is 369 g/mol. The first-order valence-corrected chi connectivity index (χ1v) is 10.3. The van der Waals surface area contributed by atoms with Crippen LogP contribution in [0, 0.1) is 0 Å². The van der Waals surface area contributed by atoms with Gasteiger partial charge in [0.25, 0.3) is 0 Å². The minimum atomic E-state index is -4.56. The van der Waals surface area contributed by atoms with Crippen LogP contribution in [-0.2, 0) is 32.0 Å². The molecule has 0 saturated carbocycles. The van der Waals surface area contributed by atoms with Crippen molar-refractivity contribution in [1.82, 2.24) is 9.44 Å². The second-order valence-corrected chi connectivity index (χ2v) is 9.59. The summed E-state index contributed by atoms with van der Waals surface area (Å²) in [7, 11) is -7.48. The predicted molar refractivity (Wildman–Crippen MR) is 84.1 cm³/mol. The highest BCUT2D eigenvalue weighted by atomic mass is 32.2. The number of benzene rings is 1. The smallest absolute Gasteiger partial charge is 0.213 e. The van der Waals surface area contributed by atoms with Crippen molar-refractivity contribution >= 4 is 20.0 Å². The van der Waals surface area contributed by atoms with E-state index in [1.165, 1.54) is 19.9 Å². The monoisotopic (exact) mass is 388 g/mol. The van der Waals surface area contributed by atoms with Gasteiger partial charge in [-0.2, -0.15) is 13.2 Å². The summed E-state index contributed by atoms with van der Waals surface area (Å²) in [6, 6.07) is 4.01. The average Bonchev–Trinajstić information content (AvgIpc) is 2.33. The van der Waals surface area contributed by atoms with Crippen molar-refractivity contribution in [3.8, 4) is 0 Å². The summed E-state index contributed by atoms with van der Waals surface area (Å²) in [5.41, 5.74) is -2.05. The van der Waals surface area contributed by atoms with E-state index in [4.69, 9.17) is 0 Å². The van der Waals surface area contributed by atoms with Gasteiger partial charge in [0.15, 0.2) is 0 Å². The van der Waals surface area contributed by atoms with E-state index in [2.05, 4.69) is 9.44 Å². The summed E-state index contributed by atoms with van der Waals surface area (Å²) in [6.45, 7) is 2.70. The number of halogens is 3. The molecule has 1 aromatic carbocycles. The van der Waals surface area contributed by atoms with Crippen molar-refractivity contribution in [2.24, 2.45) is 0 Å². The molecule has 0 radical (unpaired) electrons. The molecule has 0 spiro atoms. The van der Waals surface area contributed by atoms with Crippen LogP contribution < -0.4 is 9.44 Å². The molecule has 0 amide bonds. The van der Waals surface area contributed by atoms with Crippen LogP contribution in [0.5, 0.6) is 0 Å². The fourth-order valence-corrected chi connectivity index (χ4v) is 4.31. The van der Waals surface area contributed by atoms with Gasteiger partial charge in [-0.05, 0) is 25.5 Å². The maximum atomic E-state index is 12.6. The number of hydrogen-bond acceptors (Lipinski definition) is 4. The highest BCUT2D eigenvalue weighted by molar-refractivity contribution is 7.89. The van der Waals surface area contributed by atoms with Crippen molar-refractivity contribution < 1.29 is 30.0 Å². The van der Waals surface area contributed by atoms with E-state index >= 15 is 0 Å². The molecular formula is C13H19F3N2O4S2.